The van der Waals surface area contributed by atoms with Crippen LogP contribution in [0.2, 0.25) is 0 Å². The normalized spacial score (nSPS) is 13.4. The molecule has 0 fully saturated rings. The maximum Gasteiger partial charge on any atom is 0.145 e. The van der Waals surface area contributed by atoms with Gasteiger partial charge in [-0.15, -0.1) is 0 Å². The average Bonchev–Trinajstić information content (AvgIpc) is 3.87. The number of nitrogens with one attached hydrogen (secondary N) is 1. The van der Waals surface area contributed by atoms with E-state index in [1.807, 2.05) is 0 Å². The molecule has 1 N–H and O–H groups in total. The average molecular weight is 653 g/mol. The van der Waals surface area contributed by atoms with Crippen molar-refractivity contribution < 1.29 is 4.42 Å². The van der Waals surface area contributed by atoms with Crippen molar-refractivity contribution in [2.75, 3.05) is 0 Å². The Labute approximate surface area is 294 Å². The number of allylic oxidation sites excluding steroid dienone is 4. The number of hydrogen-bond donors (Lipinski definition) is 1. The van der Waals surface area contributed by atoms with Crippen LogP contribution in [0.25, 0.3) is 99.1 Å². The van der Waals surface area contributed by atoms with Crippen LogP contribution in [0.15, 0.2) is 168 Å². The fraction of sp³-hybridized carbons (Fsp3) is 0.0417. The Bertz CT molecular complexity index is 3070. The van der Waals surface area contributed by atoms with E-state index < -0.39 is 0 Å². The molecule has 0 spiro atoms. The molecule has 10 aromatic rings. The van der Waals surface area contributed by atoms with Crippen molar-refractivity contribution >= 4 is 71.1 Å². The SMILES string of the molecule is C1=CC(c2cccc(-c3ccccc3-c3cccc4c3[nH]c3ccc5c6cc7c(cc6oc5c34)c3ccccc3n7-c3ccccc3)c2)=CCC1. The number of rotatable bonds is 4. The van der Waals surface area contributed by atoms with Gasteiger partial charge >= 0.3 is 0 Å². The van der Waals surface area contributed by atoms with E-state index >= 15 is 0 Å². The fourth-order valence-electron chi connectivity index (χ4n) is 8.45. The summed E-state index contributed by atoms with van der Waals surface area (Å²) >= 11 is 0. The number of aromatic amines is 1. The van der Waals surface area contributed by atoms with Crippen LogP contribution in [0.1, 0.15) is 18.4 Å². The highest BCUT2D eigenvalue weighted by atomic mass is 16.3. The van der Waals surface area contributed by atoms with Crippen LogP contribution in [0.3, 0.4) is 0 Å². The first-order valence-corrected chi connectivity index (χ1v) is 17.8. The first-order chi connectivity index (χ1) is 25.3. The molecule has 0 saturated carbocycles. The molecular weight excluding hydrogens is 621 g/mol. The Balaban J connectivity index is 1.12. The zero-order valence-electron chi connectivity index (χ0n) is 27.9. The summed E-state index contributed by atoms with van der Waals surface area (Å²) in [5, 5.41) is 6.94. The molecule has 1 aliphatic rings. The van der Waals surface area contributed by atoms with Crippen molar-refractivity contribution in [3.8, 4) is 27.9 Å². The number of H-pyrrole nitrogens is 1. The molecule has 1 aliphatic carbocycles. The molecule has 0 bridgehead atoms. The number of para-hydroxylation sites is 3. The minimum absolute atomic E-state index is 0.902. The fourth-order valence-corrected chi connectivity index (χ4v) is 8.45. The molecule has 0 saturated heterocycles. The molecule has 3 heterocycles. The van der Waals surface area contributed by atoms with Gasteiger partial charge in [-0.3, -0.25) is 0 Å². The maximum absolute atomic E-state index is 6.87. The largest absolute Gasteiger partial charge is 0.455 e. The van der Waals surface area contributed by atoms with Crippen LogP contribution in [-0.2, 0) is 0 Å². The third-order valence-electron chi connectivity index (χ3n) is 10.8. The van der Waals surface area contributed by atoms with E-state index in [4.69, 9.17) is 4.42 Å². The summed E-state index contributed by atoms with van der Waals surface area (Å²) in [4.78, 5) is 3.82. The van der Waals surface area contributed by atoms with Gasteiger partial charge in [0.2, 0.25) is 0 Å². The van der Waals surface area contributed by atoms with Gasteiger partial charge in [0.05, 0.1) is 27.5 Å². The van der Waals surface area contributed by atoms with Crippen LogP contribution in [0.4, 0.5) is 0 Å². The highest BCUT2D eigenvalue weighted by molar-refractivity contribution is 6.26. The van der Waals surface area contributed by atoms with Crippen LogP contribution < -0.4 is 0 Å². The molecule has 0 amide bonds. The second kappa shape index (κ2) is 11.0. The smallest absolute Gasteiger partial charge is 0.145 e. The van der Waals surface area contributed by atoms with Gasteiger partial charge in [0, 0.05) is 38.2 Å². The topological polar surface area (TPSA) is 33.9 Å². The quantitative estimate of drug-likeness (QED) is 0.202. The third kappa shape index (κ3) is 4.25. The van der Waals surface area contributed by atoms with Crippen molar-refractivity contribution in [1.82, 2.24) is 9.55 Å². The molecule has 0 radical (unpaired) electrons. The number of benzene rings is 7. The zero-order valence-corrected chi connectivity index (χ0v) is 27.9. The molecular formula is C48H32N2O. The lowest BCUT2D eigenvalue weighted by atomic mass is 9.91. The molecule has 11 rings (SSSR count). The van der Waals surface area contributed by atoms with Gasteiger partial charge in [0.1, 0.15) is 11.2 Å². The molecule has 7 aromatic carbocycles. The number of furan rings is 1. The summed E-state index contributed by atoms with van der Waals surface area (Å²) in [6.45, 7) is 0. The van der Waals surface area contributed by atoms with Crippen LogP contribution in [0, 0.1) is 0 Å². The van der Waals surface area contributed by atoms with Gasteiger partial charge in [-0.2, -0.15) is 0 Å². The van der Waals surface area contributed by atoms with E-state index in [1.165, 1.54) is 55.2 Å². The maximum atomic E-state index is 6.87. The molecule has 0 unspecified atom stereocenters. The molecule has 3 heteroatoms. The van der Waals surface area contributed by atoms with Gasteiger partial charge in [0.15, 0.2) is 0 Å². The molecule has 0 atom stereocenters. The summed E-state index contributed by atoms with van der Waals surface area (Å²) < 4.78 is 9.24. The number of nitrogens with zero attached hydrogens (tertiary/aromatic N) is 1. The first-order valence-electron chi connectivity index (χ1n) is 17.8. The lowest BCUT2D eigenvalue weighted by Crippen LogP contribution is -1.92. The number of hydrogen-bond acceptors (Lipinski definition) is 1. The molecule has 3 aromatic heterocycles. The lowest BCUT2D eigenvalue weighted by molar-refractivity contribution is 0.673. The van der Waals surface area contributed by atoms with Crippen LogP contribution in [-0.4, -0.2) is 9.55 Å². The Morgan fingerprint density at radius 3 is 2.22 bits per heavy atom. The molecule has 3 nitrogen and oxygen atoms in total. The first kappa shape index (κ1) is 28.3. The van der Waals surface area contributed by atoms with E-state index in [0.29, 0.717) is 0 Å². The molecule has 240 valence electrons. The van der Waals surface area contributed by atoms with Gasteiger partial charge in [-0.1, -0.05) is 115 Å². The van der Waals surface area contributed by atoms with E-state index in [1.54, 1.807) is 0 Å². The van der Waals surface area contributed by atoms with E-state index in [9.17, 15) is 0 Å². The number of fused-ring (bicyclic) bond motifs is 10. The van der Waals surface area contributed by atoms with E-state index in [2.05, 4.69) is 173 Å². The predicted molar refractivity (Wildman–Crippen MR) is 215 cm³/mol. The third-order valence-corrected chi connectivity index (χ3v) is 10.8. The van der Waals surface area contributed by atoms with Crippen molar-refractivity contribution in [2.45, 2.75) is 12.8 Å². The Morgan fingerprint density at radius 2 is 1.31 bits per heavy atom. The van der Waals surface area contributed by atoms with Crippen molar-refractivity contribution in [3.63, 3.8) is 0 Å². The van der Waals surface area contributed by atoms with E-state index in [-0.39, 0.29) is 0 Å². The zero-order chi connectivity index (χ0) is 33.5. The van der Waals surface area contributed by atoms with Crippen molar-refractivity contribution in [3.05, 3.63) is 169 Å². The Morgan fingerprint density at radius 1 is 0.529 bits per heavy atom. The summed E-state index contributed by atoms with van der Waals surface area (Å²) in [7, 11) is 0. The minimum Gasteiger partial charge on any atom is -0.455 e. The minimum atomic E-state index is 0.902. The Hall–Kier alpha value is -6.58. The highest BCUT2D eigenvalue weighted by Gasteiger charge is 2.20. The Kier molecular flexibility index (Phi) is 6.08. The molecule has 51 heavy (non-hydrogen) atoms. The van der Waals surface area contributed by atoms with Crippen LogP contribution >= 0.6 is 0 Å². The van der Waals surface area contributed by atoms with E-state index in [0.717, 1.165) is 62.3 Å². The lowest BCUT2D eigenvalue weighted by Gasteiger charge is -2.13. The van der Waals surface area contributed by atoms with Crippen LogP contribution in [0.5, 0.6) is 0 Å². The monoisotopic (exact) mass is 652 g/mol. The second-order valence-corrected chi connectivity index (χ2v) is 13.6. The summed E-state index contributed by atoms with van der Waals surface area (Å²) in [5.41, 5.74) is 14.9. The summed E-state index contributed by atoms with van der Waals surface area (Å²) in [6.07, 6.45) is 9.09. The van der Waals surface area contributed by atoms with Gasteiger partial charge < -0.3 is 14.0 Å². The van der Waals surface area contributed by atoms with Gasteiger partial charge in [0.25, 0.3) is 0 Å². The standard InChI is InChI=1S/C48H32N2O/c1-3-13-30(14-4-1)31-15-11-16-32(27-31)34-19-7-8-20-35(34)37-22-12-23-39-46-42(49-47(37)39)26-25-38-41-28-44-40(29-45(41)51-48(38)46)36-21-9-10-24-43(36)50(44)33-17-5-2-6-18-33/h2-3,5-29,49H,1,4H2. The molecule has 0 aliphatic heterocycles. The predicted octanol–water partition coefficient (Wildman–Crippen LogP) is 13.4. The van der Waals surface area contributed by atoms with Crippen molar-refractivity contribution in [2.24, 2.45) is 0 Å². The highest BCUT2D eigenvalue weighted by Crippen LogP contribution is 2.44. The number of aromatic nitrogens is 2. The van der Waals surface area contributed by atoms with Crippen molar-refractivity contribution in [1.29, 1.82) is 0 Å². The van der Waals surface area contributed by atoms with Gasteiger partial charge in [-0.25, -0.2) is 0 Å². The van der Waals surface area contributed by atoms with Gasteiger partial charge in [-0.05, 0) is 89.2 Å². The summed E-state index contributed by atoms with van der Waals surface area (Å²) in [6, 6.07) is 52.7. The summed E-state index contributed by atoms with van der Waals surface area (Å²) in [5.74, 6) is 0. The second-order valence-electron chi connectivity index (χ2n) is 13.6.